The Bertz CT molecular complexity index is 500. The number of hydrogen-bond acceptors (Lipinski definition) is 1. The van der Waals surface area contributed by atoms with E-state index in [2.05, 4.69) is 79.2 Å². The summed E-state index contributed by atoms with van der Waals surface area (Å²) in [5.41, 5.74) is 2.78. The molecule has 0 fully saturated rings. The summed E-state index contributed by atoms with van der Waals surface area (Å²) in [4.78, 5) is 6.61. The molecule has 0 amide bonds. The van der Waals surface area contributed by atoms with Crippen LogP contribution in [0.5, 0.6) is 0 Å². The molecule has 0 aliphatic heterocycles. The van der Waals surface area contributed by atoms with Crippen LogP contribution in [0.4, 0.5) is 0 Å². The number of allylic oxidation sites excluding steroid dienone is 2. The van der Waals surface area contributed by atoms with Gasteiger partial charge in [0.25, 0.3) is 0 Å². The number of rotatable bonds is 10. The second kappa shape index (κ2) is 11.7. The van der Waals surface area contributed by atoms with Crippen LogP contribution in [0, 0.1) is 0 Å². The predicted octanol–water partition coefficient (Wildman–Crippen LogP) is 5.27. The smallest absolute Gasteiger partial charge is 0.0851 e. The van der Waals surface area contributed by atoms with Crippen molar-refractivity contribution >= 4 is 6.34 Å². The molecule has 0 bridgehead atoms. The molecule has 1 atom stereocenters. The Balaban J connectivity index is 2.67. The Hall–Kier alpha value is -1.83. The van der Waals surface area contributed by atoms with Crippen molar-refractivity contribution in [2.45, 2.75) is 52.5 Å². The molecule has 2 nitrogen and oxygen atoms in total. The zero-order valence-electron chi connectivity index (χ0n) is 15.2. The molecule has 23 heavy (non-hydrogen) atoms. The Labute approximate surface area is 142 Å². The molecule has 0 saturated carbocycles. The van der Waals surface area contributed by atoms with Gasteiger partial charge in [0.2, 0.25) is 0 Å². The monoisotopic (exact) mass is 312 g/mol. The van der Waals surface area contributed by atoms with E-state index in [4.69, 9.17) is 0 Å². The highest BCUT2D eigenvalue weighted by molar-refractivity contribution is 5.56. The van der Waals surface area contributed by atoms with Crippen LogP contribution in [-0.4, -0.2) is 30.9 Å². The topological polar surface area (TPSA) is 15.6 Å². The van der Waals surface area contributed by atoms with Crippen LogP contribution >= 0.6 is 0 Å². The lowest BCUT2D eigenvalue weighted by molar-refractivity contribution is 0.346. The molecule has 1 aromatic rings. The van der Waals surface area contributed by atoms with E-state index >= 15 is 0 Å². The van der Waals surface area contributed by atoms with Crippen LogP contribution in [0.15, 0.2) is 59.1 Å². The van der Waals surface area contributed by atoms with Crippen LogP contribution in [0.3, 0.4) is 0 Å². The van der Waals surface area contributed by atoms with Crippen LogP contribution in [0.2, 0.25) is 0 Å². The summed E-state index contributed by atoms with van der Waals surface area (Å²) in [6, 6.07) is 11.2. The Morgan fingerprint density at radius 1 is 1.26 bits per heavy atom. The first-order valence-electron chi connectivity index (χ1n) is 8.74. The zero-order chi connectivity index (χ0) is 16.9. The molecule has 1 rings (SSSR count). The molecular formula is C21H32N2. The number of aryl methyl sites for hydroxylation is 1. The second-order valence-electron chi connectivity index (χ2n) is 5.99. The molecule has 2 heteroatoms. The fourth-order valence-electron chi connectivity index (χ4n) is 2.58. The van der Waals surface area contributed by atoms with Gasteiger partial charge in [-0.2, -0.15) is 0 Å². The molecule has 0 aromatic heterocycles. The highest BCUT2D eigenvalue weighted by Crippen LogP contribution is 2.12. The SMILES string of the molecule is C/C=C\C(=C/CCC)CN(C=NC)C(C)CCc1ccccc1. The third-order valence-electron chi connectivity index (χ3n) is 3.96. The summed E-state index contributed by atoms with van der Waals surface area (Å²) in [6.07, 6.45) is 13.2. The van der Waals surface area contributed by atoms with Gasteiger partial charge in [-0.25, -0.2) is 0 Å². The summed E-state index contributed by atoms with van der Waals surface area (Å²) < 4.78 is 0. The highest BCUT2D eigenvalue weighted by atomic mass is 15.2. The summed E-state index contributed by atoms with van der Waals surface area (Å²) >= 11 is 0. The van der Waals surface area contributed by atoms with Crippen molar-refractivity contribution in [1.29, 1.82) is 0 Å². The van der Waals surface area contributed by atoms with Crippen molar-refractivity contribution in [1.82, 2.24) is 4.90 Å². The third-order valence-corrected chi connectivity index (χ3v) is 3.96. The first-order chi connectivity index (χ1) is 11.2. The summed E-state index contributed by atoms with van der Waals surface area (Å²) in [6.45, 7) is 7.52. The lowest BCUT2D eigenvalue weighted by atomic mass is 10.0. The normalized spacial score (nSPS) is 13.8. The van der Waals surface area contributed by atoms with Gasteiger partial charge in [0, 0.05) is 19.6 Å². The van der Waals surface area contributed by atoms with E-state index in [-0.39, 0.29) is 0 Å². The van der Waals surface area contributed by atoms with Crippen molar-refractivity contribution in [3.8, 4) is 0 Å². The molecule has 0 aliphatic rings. The van der Waals surface area contributed by atoms with Crippen LogP contribution in [0.25, 0.3) is 0 Å². The van der Waals surface area contributed by atoms with E-state index in [1.807, 2.05) is 13.4 Å². The number of benzene rings is 1. The Morgan fingerprint density at radius 3 is 2.61 bits per heavy atom. The zero-order valence-corrected chi connectivity index (χ0v) is 15.2. The predicted molar refractivity (Wildman–Crippen MR) is 103 cm³/mol. The number of aliphatic imine (C=N–C) groups is 1. The fourth-order valence-corrected chi connectivity index (χ4v) is 2.58. The molecule has 1 aromatic carbocycles. The van der Waals surface area contributed by atoms with Crippen molar-refractivity contribution in [2.75, 3.05) is 13.6 Å². The molecule has 0 radical (unpaired) electrons. The standard InChI is InChI=1S/C21H32N2/c1-5-7-12-21(11-6-2)17-23(18-22-4)19(3)15-16-20-13-9-8-10-14-20/h6,8-14,18-19H,5,7,15-17H2,1-4H3/b11-6-,21-12+,22-18?. The summed E-state index contributed by atoms with van der Waals surface area (Å²) in [5.74, 6) is 0. The van der Waals surface area contributed by atoms with E-state index < -0.39 is 0 Å². The first-order valence-corrected chi connectivity index (χ1v) is 8.74. The average Bonchev–Trinajstić information content (AvgIpc) is 2.58. The van der Waals surface area contributed by atoms with Gasteiger partial charge in [-0.3, -0.25) is 4.99 Å². The molecule has 0 heterocycles. The quantitative estimate of drug-likeness (QED) is 0.326. The molecule has 0 aliphatic carbocycles. The van der Waals surface area contributed by atoms with Gasteiger partial charge in [0.15, 0.2) is 0 Å². The Morgan fingerprint density at radius 2 is 2.00 bits per heavy atom. The van der Waals surface area contributed by atoms with Crippen molar-refractivity contribution < 1.29 is 0 Å². The van der Waals surface area contributed by atoms with E-state index in [1.165, 1.54) is 17.6 Å². The fraction of sp³-hybridized carbons (Fsp3) is 0.476. The van der Waals surface area contributed by atoms with Gasteiger partial charge in [0.05, 0.1) is 6.34 Å². The van der Waals surface area contributed by atoms with Crippen molar-refractivity contribution in [3.63, 3.8) is 0 Å². The maximum atomic E-state index is 4.26. The summed E-state index contributed by atoms with van der Waals surface area (Å²) in [7, 11) is 1.85. The number of hydrogen-bond donors (Lipinski definition) is 0. The summed E-state index contributed by atoms with van der Waals surface area (Å²) in [5, 5.41) is 0. The molecular weight excluding hydrogens is 280 g/mol. The Kier molecular flexibility index (Phi) is 9.78. The second-order valence-corrected chi connectivity index (χ2v) is 5.99. The van der Waals surface area contributed by atoms with Gasteiger partial charge in [-0.1, -0.05) is 61.9 Å². The minimum Gasteiger partial charge on any atom is -0.356 e. The van der Waals surface area contributed by atoms with Gasteiger partial charge in [-0.05, 0) is 44.2 Å². The minimum absolute atomic E-state index is 0.467. The van der Waals surface area contributed by atoms with Crippen LogP contribution in [-0.2, 0) is 6.42 Å². The maximum absolute atomic E-state index is 4.26. The lowest BCUT2D eigenvalue weighted by Crippen LogP contribution is -2.33. The molecule has 0 spiro atoms. The van der Waals surface area contributed by atoms with E-state index in [9.17, 15) is 0 Å². The van der Waals surface area contributed by atoms with Crippen LogP contribution < -0.4 is 0 Å². The third kappa shape index (κ3) is 7.83. The minimum atomic E-state index is 0.467. The lowest BCUT2D eigenvalue weighted by Gasteiger charge is -2.27. The van der Waals surface area contributed by atoms with Crippen molar-refractivity contribution in [3.05, 3.63) is 59.7 Å². The molecule has 126 valence electrons. The van der Waals surface area contributed by atoms with E-state index in [1.54, 1.807) is 0 Å². The van der Waals surface area contributed by atoms with Gasteiger partial charge in [-0.15, -0.1) is 0 Å². The average molecular weight is 313 g/mol. The number of nitrogens with zero attached hydrogens (tertiary/aromatic N) is 2. The van der Waals surface area contributed by atoms with Gasteiger partial charge in [0.1, 0.15) is 0 Å². The molecule has 0 N–H and O–H groups in total. The first kappa shape index (κ1) is 19.2. The molecule has 0 saturated heterocycles. The van der Waals surface area contributed by atoms with Gasteiger partial charge >= 0.3 is 0 Å². The van der Waals surface area contributed by atoms with Crippen LogP contribution in [0.1, 0.15) is 45.6 Å². The van der Waals surface area contributed by atoms with E-state index in [0.717, 1.165) is 25.8 Å². The number of unbranched alkanes of at least 4 members (excludes halogenated alkanes) is 1. The largest absolute Gasteiger partial charge is 0.356 e. The highest BCUT2D eigenvalue weighted by Gasteiger charge is 2.11. The van der Waals surface area contributed by atoms with Crippen molar-refractivity contribution in [2.24, 2.45) is 4.99 Å². The van der Waals surface area contributed by atoms with E-state index in [0.29, 0.717) is 6.04 Å². The maximum Gasteiger partial charge on any atom is 0.0851 e. The molecule has 1 unspecified atom stereocenters. The van der Waals surface area contributed by atoms with Gasteiger partial charge < -0.3 is 4.90 Å².